The molecule has 6 nitrogen and oxygen atoms in total. The molecular weight excluding hydrogens is 422 g/mol. The zero-order chi connectivity index (χ0) is 23.5. The van der Waals surface area contributed by atoms with Crippen LogP contribution < -0.4 is 5.73 Å². The molecule has 1 unspecified atom stereocenters. The van der Waals surface area contributed by atoms with Crippen molar-refractivity contribution in [2.45, 2.75) is 64.6 Å². The molecule has 1 amide bonds. The first-order valence-electron chi connectivity index (χ1n) is 12.5. The lowest BCUT2D eigenvalue weighted by Gasteiger charge is -2.35. The predicted molar refractivity (Wildman–Crippen MR) is 136 cm³/mol. The van der Waals surface area contributed by atoms with Crippen molar-refractivity contribution >= 4 is 27.7 Å². The van der Waals surface area contributed by atoms with Gasteiger partial charge >= 0.3 is 0 Å². The van der Waals surface area contributed by atoms with E-state index in [1.165, 1.54) is 30.5 Å². The zero-order valence-electron chi connectivity index (χ0n) is 19.9. The van der Waals surface area contributed by atoms with Gasteiger partial charge < -0.3 is 10.3 Å². The number of nitrogens with two attached hydrogens (primary N) is 1. The van der Waals surface area contributed by atoms with E-state index < -0.39 is 0 Å². The fraction of sp³-hybridized carbons (Fsp3) is 0.393. The molecule has 3 heterocycles. The van der Waals surface area contributed by atoms with Crippen molar-refractivity contribution in [1.82, 2.24) is 19.4 Å². The summed E-state index contributed by atoms with van der Waals surface area (Å²) in [6.07, 6.45) is 10.7. The lowest BCUT2D eigenvalue weighted by molar-refractivity contribution is -0.118. The van der Waals surface area contributed by atoms with Crippen LogP contribution in [0.3, 0.4) is 0 Å². The van der Waals surface area contributed by atoms with Crippen LogP contribution in [0.1, 0.15) is 62.0 Å². The number of pyridine rings is 2. The number of benzene rings is 1. The van der Waals surface area contributed by atoms with Crippen LogP contribution in [0, 0.1) is 0 Å². The highest BCUT2D eigenvalue weighted by Gasteiger charge is 2.28. The van der Waals surface area contributed by atoms with Crippen molar-refractivity contribution in [2.24, 2.45) is 5.73 Å². The number of hydrogen-bond acceptors (Lipinski definition) is 4. The summed E-state index contributed by atoms with van der Waals surface area (Å²) in [4.78, 5) is 24.2. The third kappa shape index (κ3) is 4.30. The number of aromatic nitrogens is 3. The summed E-state index contributed by atoms with van der Waals surface area (Å²) in [6.45, 7) is 4.11. The molecular formula is C28H33N5O. The van der Waals surface area contributed by atoms with Crippen LogP contribution >= 0.6 is 0 Å². The average Bonchev–Trinajstić information content (AvgIpc) is 3.17. The summed E-state index contributed by atoms with van der Waals surface area (Å²) in [5.41, 5.74) is 11.3. The minimum atomic E-state index is -0.345. The van der Waals surface area contributed by atoms with Crippen LogP contribution in [-0.4, -0.2) is 31.9 Å². The lowest BCUT2D eigenvalue weighted by Crippen LogP contribution is -2.33. The molecule has 176 valence electrons. The number of carbonyl (C=O) groups excluding carboxylic acids is 1. The Balaban J connectivity index is 1.60. The number of fused-ring (bicyclic) bond motifs is 4. The number of unbranched alkanes of at least 4 members (excludes halogenated alkanes) is 2. The van der Waals surface area contributed by atoms with Gasteiger partial charge in [0.25, 0.3) is 0 Å². The minimum Gasteiger partial charge on any atom is -0.368 e. The SMILES string of the molecule is CCCCCN(Cc1nccc2c3ccccc3n(CC(N)=O)c12)C1CCCc2cccnc21. The third-order valence-electron chi connectivity index (χ3n) is 7.08. The van der Waals surface area contributed by atoms with E-state index in [4.69, 9.17) is 15.7 Å². The second kappa shape index (κ2) is 9.94. The Morgan fingerprint density at radius 2 is 1.97 bits per heavy atom. The molecule has 6 heteroatoms. The topological polar surface area (TPSA) is 77.0 Å². The first kappa shape index (κ1) is 22.5. The Hall–Kier alpha value is -3.25. The number of aryl methyl sites for hydroxylation is 1. The van der Waals surface area contributed by atoms with Crippen molar-refractivity contribution in [2.75, 3.05) is 6.54 Å². The molecule has 1 aromatic carbocycles. The molecule has 2 N–H and O–H groups in total. The summed E-state index contributed by atoms with van der Waals surface area (Å²) in [5.74, 6) is -0.345. The maximum Gasteiger partial charge on any atom is 0.237 e. The Kier molecular flexibility index (Phi) is 6.59. The number of rotatable bonds is 9. The zero-order valence-corrected chi connectivity index (χ0v) is 19.9. The second-order valence-electron chi connectivity index (χ2n) is 9.36. The second-order valence-corrected chi connectivity index (χ2v) is 9.36. The van der Waals surface area contributed by atoms with Crippen molar-refractivity contribution in [3.05, 3.63) is 71.8 Å². The van der Waals surface area contributed by atoms with Crippen molar-refractivity contribution in [3.8, 4) is 0 Å². The van der Waals surface area contributed by atoms with E-state index in [0.717, 1.165) is 59.9 Å². The van der Waals surface area contributed by atoms with E-state index in [-0.39, 0.29) is 18.5 Å². The van der Waals surface area contributed by atoms with E-state index in [0.29, 0.717) is 0 Å². The van der Waals surface area contributed by atoms with Gasteiger partial charge in [0.1, 0.15) is 6.54 Å². The normalized spacial score (nSPS) is 15.8. The van der Waals surface area contributed by atoms with Gasteiger partial charge in [0.15, 0.2) is 0 Å². The first-order valence-corrected chi connectivity index (χ1v) is 12.5. The number of carbonyl (C=O) groups is 1. The molecule has 4 aromatic rings. The van der Waals surface area contributed by atoms with Crippen LogP contribution in [0.2, 0.25) is 0 Å². The van der Waals surface area contributed by atoms with Gasteiger partial charge in [-0.05, 0) is 56.0 Å². The quantitative estimate of drug-likeness (QED) is 0.355. The van der Waals surface area contributed by atoms with Crippen LogP contribution in [0.4, 0.5) is 0 Å². The largest absolute Gasteiger partial charge is 0.368 e. The third-order valence-corrected chi connectivity index (χ3v) is 7.08. The summed E-state index contributed by atoms with van der Waals surface area (Å²) in [7, 11) is 0. The Labute approximate surface area is 200 Å². The average molecular weight is 456 g/mol. The molecule has 34 heavy (non-hydrogen) atoms. The van der Waals surface area contributed by atoms with Crippen LogP contribution in [0.5, 0.6) is 0 Å². The maximum absolute atomic E-state index is 12.0. The predicted octanol–water partition coefficient (Wildman–Crippen LogP) is 5.14. The highest BCUT2D eigenvalue weighted by Crippen LogP contribution is 2.36. The number of primary amides is 1. The fourth-order valence-electron chi connectivity index (χ4n) is 5.55. The molecule has 0 radical (unpaired) electrons. The Morgan fingerprint density at radius 1 is 1.09 bits per heavy atom. The van der Waals surface area contributed by atoms with Gasteiger partial charge in [-0.3, -0.25) is 19.7 Å². The van der Waals surface area contributed by atoms with E-state index >= 15 is 0 Å². The first-order chi connectivity index (χ1) is 16.7. The lowest BCUT2D eigenvalue weighted by atomic mass is 9.90. The number of para-hydroxylation sites is 1. The molecule has 0 saturated carbocycles. The van der Waals surface area contributed by atoms with E-state index in [1.807, 2.05) is 35.2 Å². The van der Waals surface area contributed by atoms with E-state index in [1.54, 1.807) is 0 Å². The highest BCUT2D eigenvalue weighted by molar-refractivity contribution is 6.09. The van der Waals surface area contributed by atoms with Crippen LogP contribution in [0.15, 0.2) is 54.9 Å². The molecule has 0 fully saturated rings. The molecule has 0 spiro atoms. The van der Waals surface area contributed by atoms with Gasteiger partial charge in [-0.25, -0.2) is 0 Å². The van der Waals surface area contributed by atoms with Gasteiger partial charge in [0, 0.05) is 35.2 Å². The van der Waals surface area contributed by atoms with Gasteiger partial charge in [0.05, 0.1) is 22.9 Å². The fourth-order valence-corrected chi connectivity index (χ4v) is 5.55. The van der Waals surface area contributed by atoms with Crippen molar-refractivity contribution in [1.29, 1.82) is 0 Å². The summed E-state index contributed by atoms with van der Waals surface area (Å²) >= 11 is 0. The van der Waals surface area contributed by atoms with Gasteiger partial charge in [-0.1, -0.05) is 44.0 Å². The van der Waals surface area contributed by atoms with E-state index in [2.05, 4.69) is 36.1 Å². The van der Waals surface area contributed by atoms with Crippen LogP contribution in [0.25, 0.3) is 21.8 Å². The smallest absolute Gasteiger partial charge is 0.237 e. The number of nitrogens with zero attached hydrogens (tertiary/aromatic N) is 4. The molecule has 1 atom stereocenters. The Bertz CT molecular complexity index is 1310. The molecule has 1 aliphatic carbocycles. The van der Waals surface area contributed by atoms with E-state index in [9.17, 15) is 4.79 Å². The maximum atomic E-state index is 12.0. The molecule has 0 saturated heterocycles. The van der Waals surface area contributed by atoms with Crippen LogP contribution in [-0.2, 0) is 24.3 Å². The summed E-state index contributed by atoms with van der Waals surface area (Å²) in [5, 5.41) is 2.25. The Morgan fingerprint density at radius 3 is 2.82 bits per heavy atom. The van der Waals surface area contributed by atoms with Crippen molar-refractivity contribution in [3.63, 3.8) is 0 Å². The number of hydrogen-bond donors (Lipinski definition) is 1. The van der Waals surface area contributed by atoms with Crippen molar-refractivity contribution < 1.29 is 4.79 Å². The molecule has 3 aromatic heterocycles. The summed E-state index contributed by atoms with van der Waals surface area (Å²) in [6, 6.07) is 14.8. The minimum absolute atomic E-state index is 0.145. The van der Waals surface area contributed by atoms with Gasteiger partial charge in [0.2, 0.25) is 5.91 Å². The number of amides is 1. The molecule has 0 aliphatic heterocycles. The standard InChI is InChI=1S/C28H33N5O/c1-2-3-6-17-32(25-13-7-9-20-10-8-15-31-27(20)25)18-23-28-22(14-16-30-23)21-11-4-5-12-24(21)33(28)19-26(29)34/h4-5,8,10-12,14-16,25H,2-3,6-7,9,13,17-19H2,1H3,(H2,29,34). The highest BCUT2D eigenvalue weighted by atomic mass is 16.1. The molecule has 1 aliphatic rings. The monoisotopic (exact) mass is 455 g/mol. The molecule has 5 rings (SSSR count). The summed E-state index contributed by atoms with van der Waals surface area (Å²) < 4.78 is 2.05. The van der Waals surface area contributed by atoms with Gasteiger partial charge in [-0.15, -0.1) is 0 Å². The molecule has 0 bridgehead atoms. The van der Waals surface area contributed by atoms with Gasteiger partial charge in [-0.2, -0.15) is 0 Å².